The van der Waals surface area contributed by atoms with E-state index in [1.54, 1.807) is 10.9 Å². The first-order valence-corrected chi connectivity index (χ1v) is 5.95. The molecular weight excluding hydrogens is 212 g/mol. The maximum atomic E-state index is 12.5. The van der Waals surface area contributed by atoms with Crippen LogP contribution < -0.4 is 5.56 Å². The summed E-state index contributed by atoms with van der Waals surface area (Å²) >= 11 is 0. The standard InChI is InChI=1S/C14H18N2O/c1-5-10-7-6-8-11-12(10)13(17)16(9-15-11)14(2,3)4/h6-9H,5H2,1-4H3. The molecule has 1 heterocycles. The van der Waals surface area contributed by atoms with Crippen molar-refractivity contribution in [2.24, 2.45) is 0 Å². The summed E-state index contributed by atoms with van der Waals surface area (Å²) in [7, 11) is 0. The lowest BCUT2D eigenvalue weighted by molar-refractivity contribution is 0.381. The quantitative estimate of drug-likeness (QED) is 0.755. The zero-order valence-corrected chi connectivity index (χ0v) is 10.8. The van der Waals surface area contributed by atoms with Crippen LogP contribution >= 0.6 is 0 Å². The Bertz CT molecular complexity index is 606. The molecule has 17 heavy (non-hydrogen) atoms. The Morgan fingerprint density at radius 2 is 2.00 bits per heavy atom. The molecule has 0 fully saturated rings. The van der Waals surface area contributed by atoms with Crippen LogP contribution in [-0.4, -0.2) is 9.55 Å². The highest BCUT2D eigenvalue weighted by atomic mass is 16.1. The second-order valence-electron chi connectivity index (χ2n) is 5.26. The fourth-order valence-electron chi connectivity index (χ4n) is 2.01. The summed E-state index contributed by atoms with van der Waals surface area (Å²) < 4.78 is 1.70. The summed E-state index contributed by atoms with van der Waals surface area (Å²) in [5, 5.41) is 0.757. The highest BCUT2D eigenvalue weighted by Crippen LogP contribution is 2.16. The van der Waals surface area contributed by atoms with Crippen LogP contribution in [0, 0.1) is 0 Å². The van der Waals surface area contributed by atoms with E-state index in [1.165, 1.54) is 0 Å². The van der Waals surface area contributed by atoms with Gasteiger partial charge in [0.1, 0.15) is 0 Å². The van der Waals surface area contributed by atoms with Crippen molar-refractivity contribution in [3.05, 3.63) is 40.4 Å². The number of hydrogen-bond donors (Lipinski definition) is 0. The summed E-state index contributed by atoms with van der Waals surface area (Å²) in [6.45, 7) is 8.09. The Labute approximate surface area is 101 Å². The van der Waals surface area contributed by atoms with Crippen LogP contribution in [0.1, 0.15) is 33.3 Å². The number of aryl methyl sites for hydroxylation is 1. The molecular formula is C14H18N2O. The fourth-order valence-corrected chi connectivity index (χ4v) is 2.01. The first-order valence-electron chi connectivity index (χ1n) is 5.95. The summed E-state index contributed by atoms with van der Waals surface area (Å²) in [6.07, 6.45) is 2.49. The zero-order valence-electron chi connectivity index (χ0n) is 10.8. The number of nitrogens with zero attached hydrogens (tertiary/aromatic N) is 2. The van der Waals surface area contributed by atoms with Crippen molar-refractivity contribution in [1.82, 2.24) is 9.55 Å². The molecule has 2 aromatic rings. The molecule has 1 aromatic carbocycles. The van der Waals surface area contributed by atoms with E-state index in [0.717, 1.165) is 22.9 Å². The van der Waals surface area contributed by atoms with Crippen molar-refractivity contribution in [1.29, 1.82) is 0 Å². The van der Waals surface area contributed by atoms with Gasteiger partial charge < -0.3 is 0 Å². The van der Waals surface area contributed by atoms with Gasteiger partial charge in [0.2, 0.25) is 0 Å². The third-order valence-corrected chi connectivity index (χ3v) is 2.98. The SMILES string of the molecule is CCc1cccc2ncn(C(C)(C)C)c(=O)c12. The largest absolute Gasteiger partial charge is 0.293 e. The second-order valence-corrected chi connectivity index (χ2v) is 5.26. The Balaban J connectivity index is 2.88. The molecule has 1 aromatic heterocycles. The minimum Gasteiger partial charge on any atom is -0.293 e. The molecule has 0 spiro atoms. The Kier molecular flexibility index (Phi) is 2.77. The molecule has 0 aliphatic rings. The van der Waals surface area contributed by atoms with Crippen LogP contribution in [0.15, 0.2) is 29.3 Å². The van der Waals surface area contributed by atoms with Crippen molar-refractivity contribution < 1.29 is 0 Å². The lowest BCUT2D eigenvalue weighted by atomic mass is 10.1. The number of hydrogen-bond acceptors (Lipinski definition) is 2. The fraction of sp³-hybridized carbons (Fsp3) is 0.429. The average Bonchev–Trinajstić information content (AvgIpc) is 2.27. The molecule has 0 aliphatic carbocycles. The third kappa shape index (κ3) is 1.97. The maximum Gasteiger partial charge on any atom is 0.261 e. The minimum absolute atomic E-state index is 0.0555. The minimum atomic E-state index is -0.237. The van der Waals surface area contributed by atoms with E-state index in [1.807, 2.05) is 39.0 Å². The van der Waals surface area contributed by atoms with Crippen molar-refractivity contribution in [3.8, 4) is 0 Å². The maximum absolute atomic E-state index is 12.5. The van der Waals surface area contributed by atoms with E-state index >= 15 is 0 Å². The Hall–Kier alpha value is -1.64. The van der Waals surface area contributed by atoms with Gasteiger partial charge in [-0.1, -0.05) is 19.1 Å². The number of aromatic nitrogens is 2. The van der Waals surface area contributed by atoms with Gasteiger partial charge >= 0.3 is 0 Å². The van der Waals surface area contributed by atoms with E-state index in [0.29, 0.717) is 0 Å². The molecule has 0 bridgehead atoms. The van der Waals surface area contributed by atoms with Gasteiger partial charge in [-0.25, -0.2) is 4.98 Å². The van der Waals surface area contributed by atoms with Gasteiger partial charge in [-0.3, -0.25) is 9.36 Å². The Morgan fingerprint density at radius 3 is 2.59 bits per heavy atom. The van der Waals surface area contributed by atoms with Crippen LogP contribution in [0.25, 0.3) is 10.9 Å². The first-order chi connectivity index (χ1) is 7.95. The predicted molar refractivity (Wildman–Crippen MR) is 70.4 cm³/mol. The van der Waals surface area contributed by atoms with E-state index in [-0.39, 0.29) is 11.1 Å². The van der Waals surface area contributed by atoms with E-state index in [4.69, 9.17) is 0 Å². The molecule has 0 N–H and O–H groups in total. The topological polar surface area (TPSA) is 34.9 Å². The lowest BCUT2D eigenvalue weighted by Gasteiger charge is -2.22. The van der Waals surface area contributed by atoms with E-state index in [2.05, 4.69) is 11.9 Å². The third-order valence-electron chi connectivity index (χ3n) is 2.98. The Morgan fingerprint density at radius 1 is 1.29 bits per heavy atom. The molecule has 0 radical (unpaired) electrons. The van der Waals surface area contributed by atoms with Gasteiger partial charge in [-0.15, -0.1) is 0 Å². The van der Waals surface area contributed by atoms with Crippen LogP contribution in [-0.2, 0) is 12.0 Å². The number of benzene rings is 1. The summed E-state index contributed by atoms with van der Waals surface area (Å²) in [6, 6.07) is 5.84. The lowest BCUT2D eigenvalue weighted by Crippen LogP contribution is -2.34. The summed E-state index contributed by atoms with van der Waals surface area (Å²) in [5.41, 5.74) is 1.67. The normalized spacial score (nSPS) is 12.0. The van der Waals surface area contributed by atoms with Gasteiger partial charge in [-0.2, -0.15) is 0 Å². The van der Waals surface area contributed by atoms with Gasteiger partial charge in [0.05, 0.1) is 17.2 Å². The first kappa shape index (κ1) is 11.8. The van der Waals surface area contributed by atoms with Gasteiger partial charge in [-0.05, 0) is 38.8 Å². The molecule has 0 atom stereocenters. The molecule has 2 rings (SSSR count). The van der Waals surface area contributed by atoms with Crippen molar-refractivity contribution >= 4 is 10.9 Å². The smallest absolute Gasteiger partial charge is 0.261 e. The zero-order chi connectivity index (χ0) is 12.6. The monoisotopic (exact) mass is 230 g/mol. The number of rotatable bonds is 1. The van der Waals surface area contributed by atoms with Crippen LogP contribution in [0.3, 0.4) is 0 Å². The van der Waals surface area contributed by atoms with E-state index in [9.17, 15) is 4.79 Å². The van der Waals surface area contributed by atoms with Gasteiger partial charge in [0.25, 0.3) is 5.56 Å². The molecule has 0 unspecified atom stereocenters. The molecule has 0 amide bonds. The molecule has 3 nitrogen and oxygen atoms in total. The summed E-state index contributed by atoms with van der Waals surface area (Å²) in [4.78, 5) is 16.9. The van der Waals surface area contributed by atoms with Crippen molar-refractivity contribution in [2.75, 3.05) is 0 Å². The molecule has 90 valence electrons. The van der Waals surface area contributed by atoms with Crippen LogP contribution in [0.4, 0.5) is 0 Å². The predicted octanol–water partition coefficient (Wildman–Crippen LogP) is 2.71. The van der Waals surface area contributed by atoms with Gasteiger partial charge in [0.15, 0.2) is 0 Å². The summed E-state index contributed by atoms with van der Waals surface area (Å²) in [5.74, 6) is 0. The van der Waals surface area contributed by atoms with Crippen LogP contribution in [0.5, 0.6) is 0 Å². The van der Waals surface area contributed by atoms with Crippen LogP contribution in [0.2, 0.25) is 0 Å². The average molecular weight is 230 g/mol. The van der Waals surface area contributed by atoms with E-state index < -0.39 is 0 Å². The highest BCUT2D eigenvalue weighted by molar-refractivity contribution is 5.81. The number of fused-ring (bicyclic) bond motifs is 1. The van der Waals surface area contributed by atoms with Crippen molar-refractivity contribution in [2.45, 2.75) is 39.7 Å². The molecule has 3 heteroatoms. The molecule has 0 saturated heterocycles. The van der Waals surface area contributed by atoms with Crippen molar-refractivity contribution in [3.63, 3.8) is 0 Å². The second kappa shape index (κ2) is 3.99. The van der Waals surface area contributed by atoms with Gasteiger partial charge in [0, 0.05) is 5.54 Å². The molecule has 0 saturated carbocycles. The highest BCUT2D eigenvalue weighted by Gasteiger charge is 2.17. The molecule has 0 aliphatic heterocycles.